The molecule has 2 rings (SSSR count). The molecule has 1 N–H and O–H groups in total. The molecule has 0 radical (unpaired) electrons. The maximum atomic E-state index is 12.1. The predicted octanol–water partition coefficient (Wildman–Crippen LogP) is 1.81. The summed E-state index contributed by atoms with van der Waals surface area (Å²) in [5.41, 5.74) is 3.95. The minimum atomic E-state index is -0.612. The first-order valence-corrected chi connectivity index (χ1v) is 7.30. The first-order valence-electron chi connectivity index (χ1n) is 7.30. The summed E-state index contributed by atoms with van der Waals surface area (Å²) in [6.07, 6.45) is 0.967. The van der Waals surface area contributed by atoms with Crippen molar-refractivity contribution in [3.05, 3.63) is 47.8 Å². The lowest BCUT2D eigenvalue weighted by Crippen LogP contribution is -2.31. The van der Waals surface area contributed by atoms with Crippen LogP contribution in [0.25, 0.3) is 0 Å². The van der Waals surface area contributed by atoms with Gasteiger partial charge in [0.25, 0.3) is 0 Å². The molecule has 0 spiro atoms. The Hall–Kier alpha value is -2.54. The minimum absolute atomic E-state index is 0.151. The molecule has 1 heterocycles. The molecule has 1 atom stereocenters. The second-order valence-corrected chi connectivity index (χ2v) is 4.89. The molecule has 0 aliphatic carbocycles. The van der Waals surface area contributed by atoms with Gasteiger partial charge >= 0.3 is 12.1 Å². The summed E-state index contributed by atoms with van der Waals surface area (Å²) in [4.78, 5) is 30.2. The van der Waals surface area contributed by atoms with Crippen molar-refractivity contribution < 1.29 is 23.9 Å². The summed E-state index contributed by atoms with van der Waals surface area (Å²) >= 11 is 0. The number of benzene rings is 1. The van der Waals surface area contributed by atoms with Crippen molar-refractivity contribution in [2.75, 3.05) is 20.3 Å². The molecular weight excluding hydrogens is 300 g/mol. The van der Waals surface area contributed by atoms with Crippen molar-refractivity contribution in [3.63, 3.8) is 0 Å². The van der Waals surface area contributed by atoms with Gasteiger partial charge < -0.3 is 9.47 Å². The second-order valence-electron chi connectivity index (χ2n) is 4.89. The molecule has 1 amide bonds. The Morgan fingerprint density at radius 2 is 2.00 bits per heavy atom. The van der Waals surface area contributed by atoms with Crippen LogP contribution in [0.4, 0.5) is 4.79 Å². The van der Waals surface area contributed by atoms with E-state index in [0.717, 1.165) is 5.56 Å². The van der Waals surface area contributed by atoms with Crippen LogP contribution in [0.5, 0.6) is 0 Å². The molecule has 0 saturated heterocycles. The van der Waals surface area contributed by atoms with Gasteiger partial charge in [0.15, 0.2) is 0 Å². The van der Waals surface area contributed by atoms with E-state index in [0.29, 0.717) is 5.70 Å². The summed E-state index contributed by atoms with van der Waals surface area (Å²) in [6, 6.07) is 9.37. The van der Waals surface area contributed by atoms with E-state index in [4.69, 9.17) is 14.3 Å². The van der Waals surface area contributed by atoms with Crippen LogP contribution in [-0.4, -0.2) is 37.2 Å². The van der Waals surface area contributed by atoms with E-state index in [-0.39, 0.29) is 19.8 Å². The molecular formula is C16H20N2O5. The van der Waals surface area contributed by atoms with E-state index in [1.807, 2.05) is 30.3 Å². The summed E-state index contributed by atoms with van der Waals surface area (Å²) in [5, 5.41) is 0. The lowest BCUT2D eigenvalue weighted by molar-refractivity contribution is -0.147. The van der Waals surface area contributed by atoms with Crippen LogP contribution in [0.1, 0.15) is 12.5 Å². The standard InChI is InChI=1S/C16H20N2O5/c1-3-22-15(19)13-9-18(10-14(13)17-21-2)16(20)23-11-12-7-5-4-6-8-12/h4-8,10,13,17H,3,9,11H2,1-2H3. The van der Waals surface area contributed by atoms with E-state index in [1.54, 1.807) is 6.92 Å². The van der Waals surface area contributed by atoms with Crippen LogP contribution in [0, 0.1) is 5.92 Å². The smallest absolute Gasteiger partial charge is 0.414 e. The summed E-state index contributed by atoms with van der Waals surface area (Å²) in [7, 11) is 1.43. The van der Waals surface area contributed by atoms with Gasteiger partial charge in [-0.2, -0.15) is 0 Å². The van der Waals surface area contributed by atoms with Crippen LogP contribution < -0.4 is 5.48 Å². The molecule has 1 aromatic rings. The molecule has 1 aliphatic heterocycles. The number of nitrogens with zero attached hydrogens (tertiary/aromatic N) is 1. The molecule has 7 heteroatoms. The van der Waals surface area contributed by atoms with Crippen molar-refractivity contribution in [2.24, 2.45) is 5.92 Å². The molecule has 0 saturated carbocycles. The maximum absolute atomic E-state index is 12.1. The highest BCUT2D eigenvalue weighted by atomic mass is 16.6. The highest BCUT2D eigenvalue weighted by molar-refractivity contribution is 5.79. The van der Waals surface area contributed by atoms with Crippen molar-refractivity contribution in [1.29, 1.82) is 0 Å². The van der Waals surface area contributed by atoms with Crippen molar-refractivity contribution in [1.82, 2.24) is 10.4 Å². The Bertz CT molecular complexity index is 573. The number of hydrogen-bond acceptors (Lipinski definition) is 6. The Morgan fingerprint density at radius 3 is 2.65 bits per heavy atom. The van der Waals surface area contributed by atoms with Gasteiger partial charge in [0.05, 0.1) is 19.4 Å². The van der Waals surface area contributed by atoms with Crippen molar-refractivity contribution >= 4 is 12.1 Å². The van der Waals surface area contributed by atoms with E-state index in [2.05, 4.69) is 5.48 Å². The number of hydroxylamine groups is 1. The number of ether oxygens (including phenoxy) is 2. The van der Waals surface area contributed by atoms with Gasteiger partial charge in [0.1, 0.15) is 12.5 Å². The maximum Gasteiger partial charge on any atom is 0.414 e. The first kappa shape index (κ1) is 16.8. The molecule has 124 valence electrons. The fourth-order valence-corrected chi connectivity index (χ4v) is 2.19. The third kappa shape index (κ3) is 4.46. The van der Waals surface area contributed by atoms with Gasteiger partial charge in [-0.15, -0.1) is 0 Å². The van der Waals surface area contributed by atoms with Gasteiger partial charge in [-0.1, -0.05) is 30.3 Å². The predicted molar refractivity (Wildman–Crippen MR) is 81.7 cm³/mol. The topological polar surface area (TPSA) is 77.1 Å². The third-order valence-corrected chi connectivity index (χ3v) is 3.28. The van der Waals surface area contributed by atoms with Gasteiger partial charge in [-0.05, 0) is 12.5 Å². The molecule has 1 aromatic carbocycles. The highest BCUT2D eigenvalue weighted by Crippen LogP contribution is 2.22. The number of esters is 1. The SMILES string of the molecule is CCOC(=O)C1CN(C(=O)OCc2ccccc2)C=C1NOC. The zero-order chi connectivity index (χ0) is 16.7. The number of rotatable bonds is 6. The molecule has 0 fully saturated rings. The van der Waals surface area contributed by atoms with E-state index >= 15 is 0 Å². The molecule has 7 nitrogen and oxygen atoms in total. The summed E-state index contributed by atoms with van der Waals surface area (Å²) in [6.45, 7) is 2.32. The number of hydrogen-bond donors (Lipinski definition) is 1. The average molecular weight is 320 g/mol. The number of nitrogens with one attached hydrogen (secondary N) is 1. The molecule has 23 heavy (non-hydrogen) atoms. The normalized spacial score (nSPS) is 16.7. The van der Waals surface area contributed by atoms with Crippen molar-refractivity contribution in [3.8, 4) is 0 Å². The van der Waals surface area contributed by atoms with Crippen LogP contribution in [0.2, 0.25) is 0 Å². The van der Waals surface area contributed by atoms with Crippen LogP contribution >= 0.6 is 0 Å². The Labute approximate surface area is 134 Å². The lowest BCUT2D eigenvalue weighted by Gasteiger charge is -2.16. The van der Waals surface area contributed by atoms with E-state index < -0.39 is 18.0 Å². The first-order chi connectivity index (χ1) is 11.2. The average Bonchev–Trinajstić information content (AvgIpc) is 2.98. The Kier molecular flexibility index (Phi) is 5.99. The molecule has 0 bridgehead atoms. The zero-order valence-corrected chi connectivity index (χ0v) is 13.2. The van der Waals surface area contributed by atoms with Crippen LogP contribution in [0.15, 0.2) is 42.2 Å². The zero-order valence-electron chi connectivity index (χ0n) is 13.2. The van der Waals surface area contributed by atoms with Gasteiger partial charge in [-0.3, -0.25) is 20.0 Å². The number of amides is 1. The van der Waals surface area contributed by atoms with Gasteiger partial charge in [-0.25, -0.2) is 4.79 Å². The van der Waals surface area contributed by atoms with E-state index in [1.165, 1.54) is 18.2 Å². The number of carbonyl (C=O) groups excluding carboxylic acids is 2. The van der Waals surface area contributed by atoms with Crippen molar-refractivity contribution in [2.45, 2.75) is 13.5 Å². The Balaban J connectivity index is 1.96. The lowest BCUT2D eigenvalue weighted by atomic mass is 10.1. The molecule has 1 aliphatic rings. The highest BCUT2D eigenvalue weighted by Gasteiger charge is 2.35. The minimum Gasteiger partial charge on any atom is -0.465 e. The Morgan fingerprint density at radius 1 is 1.26 bits per heavy atom. The fourth-order valence-electron chi connectivity index (χ4n) is 2.19. The second kappa shape index (κ2) is 8.19. The monoisotopic (exact) mass is 320 g/mol. The fraction of sp³-hybridized carbons (Fsp3) is 0.375. The third-order valence-electron chi connectivity index (χ3n) is 3.28. The molecule has 1 unspecified atom stereocenters. The van der Waals surface area contributed by atoms with Crippen LogP contribution in [0.3, 0.4) is 0 Å². The number of carbonyl (C=O) groups is 2. The largest absolute Gasteiger partial charge is 0.465 e. The summed E-state index contributed by atoms with van der Waals surface area (Å²) < 4.78 is 10.3. The van der Waals surface area contributed by atoms with Gasteiger partial charge in [0, 0.05) is 12.7 Å². The van der Waals surface area contributed by atoms with E-state index in [9.17, 15) is 9.59 Å². The quantitative estimate of drug-likeness (QED) is 0.636. The summed E-state index contributed by atoms with van der Waals surface area (Å²) in [5.74, 6) is -1.03. The molecule has 0 aromatic heterocycles. The van der Waals surface area contributed by atoms with Crippen LogP contribution in [-0.2, 0) is 25.7 Å². The van der Waals surface area contributed by atoms with Gasteiger partial charge in [0.2, 0.25) is 0 Å².